The molecule has 0 atom stereocenters. The van der Waals surface area contributed by atoms with Crippen LogP contribution in [0.2, 0.25) is 0 Å². The van der Waals surface area contributed by atoms with Gasteiger partial charge in [-0.3, -0.25) is 9.59 Å². The Labute approximate surface area is 145 Å². The summed E-state index contributed by atoms with van der Waals surface area (Å²) in [6.45, 7) is 2.06. The van der Waals surface area contributed by atoms with Gasteiger partial charge in [-0.2, -0.15) is 0 Å². The van der Waals surface area contributed by atoms with Gasteiger partial charge in [-0.15, -0.1) is 0 Å². The maximum atomic E-state index is 13.3. The molecule has 2 amide bonds. The Hall–Kier alpha value is -2.63. The van der Waals surface area contributed by atoms with E-state index in [4.69, 9.17) is 0 Å². The lowest BCUT2D eigenvalue weighted by atomic mass is 9.99. The molecule has 4 rings (SSSR count). The second kappa shape index (κ2) is 6.35. The van der Waals surface area contributed by atoms with E-state index >= 15 is 0 Å². The Bertz CT molecular complexity index is 871. The summed E-state index contributed by atoms with van der Waals surface area (Å²) in [4.78, 5) is 30.6. The van der Waals surface area contributed by atoms with Crippen molar-refractivity contribution in [2.24, 2.45) is 0 Å². The minimum Gasteiger partial charge on any atom is -0.360 e. The van der Waals surface area contributed by atoms with Crippen LogP contribution in [0.1, 0.15) is 24.8 Å². The summed E-state index contributed by atoms with van der Waals surface area (Å²) >= 11 is 0. The number of halogens is 1. The number of hydrogen-bond donors (Lipinski definition) is 1. The molecule has 1 aromatic heterocycles. The first-order valence-corrected chi connectivity index (χ1v) is 8.63. The largest absolute Gasteiger partial charge is 0.360 e. The summed E-state index contributed by atoms with van der Waals surface area (Å²) in [7, 11) is 0. The normalized spacial score (nSPS) is 18.1. The minimum absolute atomic E-state index is 0.00606. The van der Waals surface area contributed by atoms with Crippen molar-refractivity contribution in [2.45, 2.75) is 19.3 Å². The quantitative estimate of drug-likeness (QED) is 0.933. The Balaban J connectivity index is 1.46. The lowest BCUT2D eigenvalue weighted by Gasteiger charge is -2.28. The van der Waals surface area contributed by atoms with E-state index in [0.717, 1.165) is 29.3 Å². The number of likely N-dealkylation sites (tertiary alicyclic amines) is 1. The number of amides is 2. The molecule has 1 fully saturated rings. The second-order valence-corrected chi connectivity index (χ2v) is 6.63. The third-order valence-electron chi connectivity index (χ3n) is 5.05. The van der Waals surface area contributed by atoms with Crippen LogP contribution in [0.15, 0.2) is 30.5 Å². The molecule has 6 heteroatoms. The number of nitrogens with zero attached hydrogens (tertiary/aromatic N) is 2. The van der Waals surface area contributed by atoms with E-state index in [9.17, 15) is 14.0 Å². The van der Waals surface area contributed by atoms with Crippen LogP contribution in [0.4, 0.5) is 4.39 Å². The van der Waals surface area contributed by atoms with Gasteiger partial charge in [-0.1, -0.05) is 6.08 Å². The lowest BCUT2D eigenvalue weighted by molar-refractivity contribution is -0.138. The van der Waals surface area contributed by atoms with Crippen molar-refractivity contribution in [3.05, 3.63) is 41.9 Å². The SMILES string of the molecule is O=C(CN1CCCC1=O)N1CC=C(c2c[nH]c3cc(F)ccc23)CC1. The van der Waals surface area contributed by atoms with Crippen LogP contribution in [0, 0.1) is 5.82 Å². The minimum atomic E-state index is -0.258. The van der Waals surface area contributed by atoms with E-state index in [1.54, 1.807) is 15.9 Å². The van der Waals surface area contributed by atoms with E-state index in [1.165, 1.54) is 17.7 Å². The number of carbonyl (C=O) groups excluding carboxylic acids is 2. The average molecular weight is 341 g/mol. The van der Waals surface area contributed by atoms with E-state index in [0.29, 0.717) is 26.1 Å². The highest BCUT2D eigenvalue weighted by atomic mass is 19.1. The van der Waals surface area contributed by atoms with Gasteiger partial charge in [0.2, 0.25) is 11.8 Å². The molecule has 2 aromatic rings. The van der Waals surface area contributed by atoms with E-state index in [-0.39, 0.29) is 24.2 Å². The van der Waals surface area contributed by atoms with Crippen LogP contribution in [0.25, 0.3) is 16.5 Å². The molecule has 2 aliphatic rings. The molecular formula is C19H20FN3O2. The standard InChI is InChI=1S/C19H20FN3O2/c20-14-3-4-15-16(11-21-17(15)10-14)13-5-8-22(9-6-13)19(25)12-23-7-1-2-18(23)24/h3-5,10-11,21H,1-2,6-9,12H2. The molecule has 5 nitrogen and oxygen atoms in total. The Morgan fingerprint density at radius 1 is 1.24 bits per heavy atom. The molecule has 1 aromatic carbocycles. The van der Waals surface area contributed by atoms with Crippen LogP contribution in [-0.2, 0) is 9.59 Å². The number of hydrogen-bond acceptors (Lipinski definition) is 2. The molecule has 1 saturated heterocycles. The summed E-state index contributed by atoms with van der Waals surface area (Å²) < 4.78 is 13.3. The summed E-state index contributed by atoms with van der Waals surface area (Å²) in [6, 6.07) is 4.74. The van der Waals surface area contributed by atoms with Crippen LogP contribution in [-0.4, -0.2) is 52.8 Å². The zero-order chi connectivity index (χ0) is 17.4. The number of aromatic nitrogens is 1. The third kappa shape index (κ3) is 3.04. The first-order valence-electron chi connectivity index (χ1n) is 8.63. The van der Waals surface area contributed by atoms with Crippen LogP contribution >= 0.6 is 0 Å². The maximum absolute atomic E-state index is 13.3. The molecule has 1 N–H and O–H groups in total. The van der Waals surface area contributed by atoms with Gasteiger partial charge < -0.3 is 14.8 Å². The van der Waals surface area contributed by atoms with E-state index in [1.807, 2.05) is 6.20 Å². The molecule has 0 bridgehead atoms. The highest BCUT2D eigenvalue weighted by Crippen LogP contribution is 2.29. The van der Waals surface area contributed by atoms with Crippen LogP contribution in [0.5, 0.6) is 0 Å². The Morgan fingerprint density at radius 3 is 2.84 bits per heavy atom. The first-order chi connectivity index (χ1) is 12.1. The predicted octanol–water partition coefficient (Wildman–Crippen LogP) is 2.55. The molecule has 0 saturated carbocycles. The fourth-order valence-electron chi connectivity index (χ4n) is 3.64. The zero-order valence-corrected chi connectivity index (χ0v) is 13.9. The summed E-state index contributed by atoms with van der Waals surface area (Å²) in [5.41, 5.74) is 3.01. The van der Waals surface area contributed by atoms with Crippen molar-refractivity contribution in [1.82, 2.24) is 14.8 Å². The summed E-state index contributed by atoms with van der Waals surface area (Å²) in [5, 5.41) is 0.995. The topological polar surface area (TPSA) is 56.4 Å². The second-order valence-electron chi connectivity index (χ2n) is 6.63. The van der Waals surface area contributed by atoms with E-state index < -0.39 is 0 Å². The van der Waals surface area contributed by atoms with Crippen molar-refractivity contribution in [3.63, 3.8) is 0 Å². The van der Waals surface area contributed by atoms with Gasteiger partial charge in [0, 0.05) is 48.7 Å². The van der Waals surface area contributed by atoms with Crippen molar-refractivity contribution in [2.75, 3.05) is 26.2 Å². The number of aromatic amines is 1. The number of nitrogens with one attached hydrogen (secondary N) is 1. The molecule has 0 aliphatic carbocycles. The van der Waals surface area contributed by atoms with Crippen molar-refractivity contribution in [1.29, 1.82) is 0 Å². The maximum Gasteiger partial charge on any atom is 0.242 e. The average Bonchev–Trinajstić information content (AvgIpc) is 3.21. The number of rotatable bonds is 3. The van der Waals surface area contributed by atoms with Gasteiger partial charge in [-0.25, -0.2) is 4.39 Å². The molecule has 2 aliphatic heterocycles. The number of H-pyrrole nitrogens is 1. The molecule has 0 radical (unpaired) electrons. The summed E-state index contributed by atoms with van der Waals surface area (Å²) in [5.74, 6) is -0.175. The highest BCUT2D eigenvalue weighted by molar-refractivity contribution is 5.93. The molecule has 0 spiro atoms. The first kappa shape index (κ1) is 15.9. The number of fused-ring (bicyclic) bond motifs is 1. The van der Waals surface area contributed by atoms with E-state index in [2.05, 4.69) is 11.1 Å². The Morgan fingerprint density at radius 2 is 2.12 bits per heavy atom. The van der Waals surface area contributed by atoms with Gasteiger partial charge in [0.05, 0.1) is 6.54 Å². The predicted molar refractivity (Wildman–Crippen MR) is 93.2 cm³/mol. The molecule has 0 unspecified atom stereocenters. The highest BCUT2D eigenvalue weighted by Gasteiger charge is 2.26. The van der Waals surface area contributed by atoms with Crippen molar-refractivity contribution >= 4 is 28.3 Å². The molecule has 25 heavy (non-hydrogen) atoms. The third-order valence-corrected chi connectivity index (χ3v) is 5.05. The fraction of sp³-hybridized carbons (Fsp3) is 0.368. The van der Waals surface area contributed by atoms with Crippen molar-refractivity contribution < 1.29 is 14.0 Å². The monoisotopic (exact) mass is 341 g/mol. The van der Waals surface area contributed by atoms with Gasteiger partial charge in [0.25, 0.3) is 0 Å². The van der Waals surface area contributed by atoms with Crippen LogP contribution < -0.4 is 0 Å². The van der Waals surface area contributed by atoms with Gasteiger partial charge in [0.1, 0.15) is 5.82 Å². The van der Waals surface area contributed by atoms with Crippen molar-refractivity contribution in [3.8, 4) is 0 Å². The number of carbonyl (C=O) groups is 2. The molecule has 130 valence electrons. The number of benzene rings is 1. The van der Waals surface area contributed by atoms with Gasteiger partial charge >= 0.3 is 0 Å². The van der Waals surface area contributed by atoms with Gasteiger partial charge in [-0.05, 0) is 36.6 Å². The molecular weight excluding hydrogens is 321 g/mol. The Kier molecular flexibility index (Phi) is 4.03. The van der Waals surface area contributed by atoms with Crippen LogP contribution in [0.3, 0.4) is 0 Å². The fourth-order valence-corrected chi connectivity index (χ4v) is 3.64. The summed E-state index contributed by atoms with van der Waals surface area (Å²) in [6.07, 6.45) is 6.11. The lowest BCUT2D eigenvalue weighted by Crippen LogP contribution is -2.42. The molecule has 3 heterocycles. The van der Waals surface area contributed by atoms with Gasteiger partial charge in [0.15, 0.2) is 0 Å². The zero-order valence-electron chi connectivity index (χ0n) is 13.9. The smallest absolute Gasteiger partial charge is 0.242 e.